The van der Waals surface area contributed by atoms with Crippen LogP contribution in [0.4, 0.5) is 5.82 Å². The molecule has 0 radical (unpaired) electrons. The van der Waals surface area contributed by atoms with E-state index in [0.29, 0.717) is 33.5 Å². The zero-order valence-electron chi connectivity index (χ0n) is 15.0. The Balaban J connectivity index is 2.03. The van der Waals surface area contributed by atoms with Crippen LogP contribution < -0.4 is 19.9 Å². The highest BCUT2D eigenvalue weighted by molar-refractivity contribution is 6.30. The molecule has 0 fully saturated rings. The Morgan fingerprint density at radius 2 is 1.63 bits per heavy atom. The predicted octanol–water partition coefficient (Wildman–Crippen LogP) is 3.36. The molecule has 140 valence electrons. The van der Waals surface area contributed by atoms with Crippen LogP contribution in [0, 0.1) is 0 Å². The van der Waals surface area contributed by atoms with Gasteiger partial charge in [-0.15, -0.1) is 0 Å². The van der Waals surface area contributed by atoms with Crippen LogP contribution in [0.2, 0.25) is 5.02 Å². The van der Waals surface area contributed by atoms with Gasteiger partial charge in [-0.25, -0.2) is 4.68 Å². The number of carbonyl (C=O) groups excluding carboxylic acids is 1. The Hall–Kier alpha value is -3.19. The minimum atomic E-state index is -0.313. The number of ether oxygens (including phenoxy) is 3. The van der Waals surface area contributed by atoms with Crippen molar-refractivity contribution in [3.63, 3.8) is 0 Å². The van der Waals surface area contributed by atoms with E-state index in [1.165, 1.54) is 32.2 Å². The molecule has 0 spiro atoms. The van der Waals surface area contributed by atoms with Gasteiger partial charge in [0.25, 0.3) is 0 Å². The fourth-order valence-electron chi connectivity index (χ4n) is 2.69. The van der Waals surface area contributed by atoms with E-state index in [1.807, 2.05) is 0 Å². The lowest BCUT2D eigenvalue weighted by atomic mass is 10.0. The second-order valence-electron chi connectivity index (χ2n) is 5.57. The molecule has 0 atom stereocenters. The Labute approximate surface area is 161 Å². The summed E-state index contributed by atoms with van der Waals surface area (Å²) in [5.74, 6) is 1.07. The molecule has 3 rings (SSSR count). The van der Waals surface area contributed by atoms with Crippen molar-refractivity contribution >= 4 is 23.2 Å². The van der Waals surface area contributed by atoms with Gasteiger partial charge >= 0.3 is 0 Å². The highest BCUT2D eigenvalue weighted by Gasteiger charge is 2.22. The molecule has 2 aromatic carbocycles. The zero-order valence-corrected chi connectivity index (χ0v) is 15.8. The molecular formula is C19H18ClN3O4. The van der Waals surface area contributed by atoms with Gasteiger partial charge in [0.2, 0.25) is 5.75 Å². The lowest BCUT2D eigenvalue weighted by Gasteiger charge is -2.13. The topological polar surface area (TPSA) is 88.6 Å². The van der Waals surface area contributed by atoms with Gasteiger partial charge in [-0.2, -0.15) is 5.10 Å². The third-order valence-corrected chi connectivity index (χ3v) is 4.30. The number of hydrogen-bond acceptors (Lipinski definition) is 6. The lowest BCUT2D eigenvalue weighted by Crippen LogP contribution is -2.08. The summed E-state index contributed by atoms with van der Waals surface area (Å²) >= 11 is 5.91. The van der Waals surface area contributed by atoms with Gasteiger partial charge in [0.15, 0.2) is 17.3 Å². The normalized spacial score (nSPS) is 10.5. The molecule has 0 amide bonds. The van der Waals surface area contributed by atoms with Crippen molar-refractivity contribution in [2.75, 3.05) is 27.1 Å². The number of nitrogen functional groups attached to an aromatic ring is 1. The van der Waals surface area contributed by atoms with E-state index in [4.69, 9.17) is 31.5 Å². The van der Waals surface area contributed by atoms with Crippen molar-refractivity contribution in [3.05, 3.63) is 58.7 Å². The molecule has 1 heterocycles. The number of ketones is 1. The van der Waals surface area contributed by atoms with Crippen molar-refractivity contribution in [1.82, 2.24) is 9.78 Å². The molecule has 8 heteroatoms. The van der Waals surface area contributed by atoms with Gasteiger partial charge in [-0.3, -0.25) is 4.79 Å². The minimum Gasteiger partial charge on any atom is -0.493 e. The first-order valence-electron chi connectivity index (χ1n) is 7.94. The number of nitrogens with zero attached hydrogens (tertiary/aromatic N) is 2. The quantitative estimate of drug-likeness (QED) is 0.652. The van der Waals surface area contributed by atoms with Crippen molar-refractivity contribution in [2.45, 2.75) is 0 Å². The van der Waals surface area contributed by atoms with Gasteiger partial charge in [0.1, 0.15) is 5.82 Å². The molecule has 0 aliphatic heterocycles. The van der Waals surface area contributed by atoms with Crippen molar-refractivity contribution in [1.29, 1.82) is 0 Å². The third kappa shape index (κ3) is 3.41. The van der Waals surface area contributed by atoms with E-state index < -0.39 is 0 Å². The summed E-state index contributed by atoms with van der Waals surface area (Å²) in [5.41, 5.74) is 7.47. The van der Waals surface area contributed by atoms with Crippen LogP contribution >= 0.6 is 11.6 Å². The number of anilines is 1. The van der Waals surface area contributed by atoms with Crippen LogP contribution in [0.15, 0.2) is 42.6 Å². The van der Waals surface area contributed by atoms with Crippen LogP contribution in [0.1, 0.15) is 15.9 Å². The van der Waals surface area contributed by atoms with Crippen LogP contribution in [0.25, 0.3) is 5.69 Å². The maximum atomic E-state index is 13.0. The molecule has 2 N–H and O–H groups in total. The van der Waals surface area contributed by atoms with E-state index in [-0.39, 0.29) is 17.2 Å². The Morgan fingerprint density at radius 3 is 2.15 bits per heavy atom. The molecule has 27 heavy (non-hydrogen) atoms. The van der Waals surface area contributed by atoms with Gasteiger partial charge in [0, 0.05) is 10.6 Å². The summed E-state index contributed by atoms with van der Waals surface area (Å²) in [4.78, 5) is 13.0. The first-order chi connectivity index (χ1) is 13.0. The first-order valence-corrected chi connectivity index (χ1v) is 8.32. The van der Waals surface area contributed by atoms with Crippen LogP contribution in [0.5, 0.6) is 17.2 Å². The number of carbonyl (C=O) groups is 1. The Kier molecular flexibility index (Phi) is 5.23. The molecule has 3 aromatic rings. The average Bonchev–Trinajstić information content (AvgIpc) is 3.08. The number of aromatic nitrogens is 2. The standard InChI is InChI=1S/C19H18ClN3O4/c1-25-15-8-11(9-16(26-2)18(15)27-3)17(24)14-10-22-23(19(14)21)13-6-4-12(20)5-7-13/h4-10H,21H2,1-3H3. The minimum absolute atomic E-state index is 0.219. The molecule has 0 aliphatic carbocycles. The maximum absolute atomic E-state index is 13.0. The van der Waals surface area contributed by atoms with E-state index in [9.17, 15) is 4.79 Å². The predicted molar refractivity (Wildman–Crippen MR) is 103 cm³/mol. The van der Waals surface area contributed by atoms with E-state index in [1.54, 1.807) is 36.4 Å². The second kappa shape index (κ2) is 7.59. The van der Waals surface area contributed by atoms with Gasteiger partial charge in [-0.05, 0) is 36.4 Å². The molecule has 1 aromatic heterocycles. The number of benzene rings is 2. The lowest BCUT2D eigenvalue weighted by molar-refractivity contribution is 0.103. The van der Waals surface area contributed by atoms with Crippen molar-refractivity contribution < 1.29 is 19.0 Å². The third-order valence-electron chi connectivity index (χ3n) is 4.05. The van der Waals surface area contributed by atoms with Gasteiger partial charge in [-0.1, -0.05) is 11.6 Å². The first kappa shape index (κ1) is 18.6. The number of nitrogens with two attached hydrogens (primary N) is 1. The summed E-state index contributed by atoms with van der Waals surface area (Å²) in [6.45, 7) is 0. The van der Waals surface area contributed by atoms with E-state index >= 15 is 0 Å². The molecule has 0 saturated carbocycles. The smallest absolute Gasteiger partial charge is 0.203 e. The number of halogens is 1. The highest BCUT2D eigenvalue weighted by atomic mass is 35.5. The molecule has 0 aliphatic rings. The SMILES string of the molecule is COc1cc(C(=O)c2cnn(-c3ccc(Cl)cc3)c2N)cc(OC)c1OC. The highest BCUT2D eigenvalue weighted by Crippen LogP contribution is 2.39. The monoisotopic (exact) mass is 387 g/mol. The molecule has 0 bridgehead atoms. The van der Waals surface area contributed by atoms with Crippen LogP contribution in [-0.2, 0) is 0 Å². The molecular weight excluding hydrogens is 370 g/mol. The fraction of sp³-hybridized carbons (Fsp3) is 0.158. The van der Waals surface area contributed by atoms with Crippen LogP contribution in [0.3, 0.4) is 0 Å². The summed E-state index contributed by atoms with van der Waals surface area (Å²) in [6, 6.07) is 10.1. The van der Waals surface area contributed by atoms with Crippen LogP contribution in [-0.4, -0.2) is 36.9 Å². The summed E-state index contributed by atoms with van der Waals surface area (Å²) in [5, 5.41) is 4.82. The fourth-order valence-corrected chi connectivity index (χ4v) is 2.81. The maximum Gasteiger partial charge on any atom is 0.203 e. The van der Waals surface area contributed by atoms with Crippen molar-refractivity contribution in [3.8, 4) is 22.9 Å². The summed E-state index contributed by atoms with van der Waals surface area (Å²) in [7, 11) is 4.47. The summed E-state index contributed by atoms with van der Waals surface area (Å²) in [6.07, 6.45) is 1.43. The average molecular weight is 388 g/mol. The Morgan fingerprint density at radius 1 is 1.04 bits per heavy atom. The Bertz CT molecular complexity index is 958. The zero-order chi connectivity index (χ0) is 19.6. The molecule has 0 unspecified atom stereocenters. The number of hydrogen-bond donors (Lipinski definition) is 1. The molecule has 7 nitrogen and oxygen atoms in total. The molecule has 0 saturated heterocycles. The van der Waals surface area contributed by atoms with E-state index in [2.05, 4.69) is 5.10 Å². The van der Waals surface area contributed by atoms with Gasteiger partial charge < -0.3 is 19.9 Å². The van der Waals surface area contributed by atoms with Gasteiger partial charge in [0.05, 0.1) is 38.8 Å². The largest absolute Gasteiger partial charge is 0.493 e. The second-order valence-corrected chi connectivity index (χ2v) is 6.01. The van der Waals surface area contributed by atoms with E-state index in [0.717, 1.165) is 0 Å². The number of methoxy groups -OCH3 is 3. The number of rotatable bonds is 6. The summed E-state index contributed by atoms with van der Waals surface area (Å²) < 4.78 is 17.4. The van der Waals surface area contributed by atoms with Crippen molar-refractivity contribution in [2.24, 2.45) is 0 Å².